The fourth-order valence-corrected chi connectivity index (χ4v) is 3.16. The quantitative estimate of drug-likeness (QED) is 0.551. The lowest BCUT2D eigenvalue weighted by molar-refractivity contribution is 0.983. The van der Waals surface area contributed by atoms with E-state index in [0.717, 1.165) is 27.6 Å². The first-order valence-corrected chi connectivity index (χ1v) is 7.88. The van der Waals surface area contributed by atoms with Gasteiger partial charge in [0.05, 0.1) is 11.1 Å². The molecule has 0 aliphatic rings. The highest BCUT2D eigenvalue weighted by Crippen LogP contribution is 2.27. The fourth-order valence-electron chi connectivity index (χ4n) is 3.16. The Balaban J connectivity index is 2.18. The monoisotopic (exact) mass is 312 g/mol. The molecular weight excluding hydrogens is 296 g/mol. The molecule has 0 bridgehead atoms. The maximum atomic E-state index is 13.3. The van der Waals surface area contributed by atoms with Crippen molar-refractivity contribution < 1.29 is 0 Å². The van der Waals surface area contributed by atoms with Crippen molar-refractivity contribution in [1.29, 1.82) is 0 Å². The first kappa shape index (κ1) is 14.4. The Morgan fingerprint density at radius 2 is 1.54 bits per heavy atom. The lowest BCUT2D eigenvalue weighted by Gasteiger charge is -2.15. The summed E-state index contributed by atoms with van der Waals surface area (Å²) >= 11 is 0. The number of benzene rings is 2. The zero-order chi connectivity index (χ0) is 16.5. The molecule has 2 aromatic heterocycles. The van der Waals surface area contributed by atoms with E-state index in [-0.39, 0.29) is 5.56 Å². The molecule has 0 unspecified atom stereocenters. The number of rotatable bonds is 2. The molecule has 3 nitrogen and oxygen atoms in total. The molecule has 0 spiro atoms. The van der Waals surface area contributed by atoms with Gasteiger partial charge in [-0.1, -0.05) is 54.6 Å². The highest BCUT2D eigenvalue weighted by Gasteiger charge is 2.16. The second kappa shape index (κ2) is 5.78. The SMILES string of the molecule is Cc1c(-c2ccccc2)c(=O)n(-c2ccccn2)c2ccccc12. The molecule has 2 heterocycles. The van der Waals surface area contributed by atoms with Crippen LogP contribution in [0, 0.1) is 6.92 Å². The molecule has 24 heavy (non-hydrogen) atoms. The summed E-state index contributed by atoms with van der Waals surface area (Å²) in [6.45, 7) is 2.01. The van der Waals surface area contributed by atoms with Crippen LogP contribution in [0.25, 0.3) is 27.8 Å². The van der Waals surface area contributed by atoms with Crippen molar-refractivity contribution in [2.24, 2.45) is 0 Å². The van der Waals surface area contributed by atoms with Gasteiger partial charge in [0.1, 0.15) is 5.82 Å². The fraction of sp³-hybridized carbons (Fsp3) is 0.0476. The summed E-state index contributed by atoms with van der Waals surface area (Å²) < 4.78 is 1.70. The molecule has 0 amide bonds. The van der Waals surface area contributed by atoms with Crippen LogP contribution in [0.4, 0.5) is 0 Å². The van der Waals surface area contributed by atoms with Gasteiger partial charge in [-0.25, -0.2) is 4.98 Å². The van der Waals surface area contributed by atoms with Gasteiger partial charge in [0, 0.05) is 11.6 Å². The molecule has 0 saturated heterocycles. The van der Waals surface area contributed by atoms with Crippen LogP contribution in [0.15, 0.2) is 83.8 Å². The van der Waals surface area contributed by atoms with E-state index in [1.165, 1.54) is 0 Å². The summed E-state index contributed by atoms with van der Waals surface area (Å²) in [6.07, 6.45) is 1.71. The molecule has 0 atom stereocenters. The Bertz CT molecular complexity index is 1070. The van der Waals surface area contributed by atoms with Crippen molar-refractivity contribution >= 4 is 10.9 Å². The number of fused-ring (bicyclic) bond motifs is 1. The molecule has 4 rings (SSSR count). The number of para-hydroxylation sites is 1. The summed E-state index contributed by atoms with van der Waals surface area (Å²) in [5, 5.41) is 1.06. The molecule has 0 saturated carbocycles. The van der Waals surface area contributed by atoms with Gasteiger partial charge in [0.2, 0.25) is 0 Å². The Kier molecular flexibility index (Phi) is 3.47. The minimum Gasteiger partial charge on any atom is -0.268 e. The van der Waals surface area contributed by atoms with Gasteiger partial charge in [0.25, 0.3) is 5.56 Å². The predicted molar refractivity (Wildman–Crippen MR) is 97.5 cm³/mol. The van der Waals surface area contributed by atoms with E-state index >= 15 is 0 Å². The van der Waals surface area contributed by atoms with Crippen molar-refractivity contribution in [3.63, 3.8) is 0 Å². The number of nitrogens with zero attached hydrogens (tertiary/aromatic N) is 2. The molecule has 3 heteroatoms. The normalized spacial score (nSPS) is 10.9. The number of aromatic nitrogens is 2. The summed E-state index contributed by atoms with van der Waals surface area (Å²) in [6, 6.07) is 23.4. The van der Waals surface area contributed by atoms with Crippen molar-refractivity contribution in [2.45, 2.75) is 6.92 Å². The van der Waals surface area contributed by atoms with Crippen molar-refractivity contribution in [3.05, 3.63) is 94.9 Å². The molecule has 0 fully saturated rings. The van der Waals surface area contributed by atoms with E-state index in [1.807, 2.05) is 73.7 Å². The van der Waals surface area contributed by atoms with Gasteiger partial charge in [-0.05, 0) is 36.2 Å². The predicted octanol–water partition coefficient (Wildman–Crippen LogP) is 4.36. The van der Waals surface area contributed by atoms with Crippen LogP contribution in [0.5, 0.6) is 0 Å². The Morgan fingerprint density at radius 3 is 2.29 bits per heavy atom. The van der Waals surface area contributed by atoms with Gasteiger partial charge in [-0.3, -0.25) is 9.36 Å². The van der Waals surface area contributed by atoms with Gasteiger partial charge < -0.3 is 0 Å². The van der Waals surface area contributed by atoms with Crippen molar-refractivity contribution in [1.82, 2.24) is 9.55 Å². The Labute approximate surface area is 139 Å². The first-order chi connectivity index (χ1) is 11.8. The van der Waals surface area contributed by atoms with Gasteiger partial charge in [-0.2, -0.15) is 0 Å². The molecule has 2 aromatic carbocycles. The molecule has 0 radical (unpaired) electrons. The van der Waals surface area contributed by atoms with Crippen LogP contribution in [-0.4, -0.2) is 9.55 Å². The largest absolute Gasteiger partial charge is 0.268 e. The van der Waals surface area contributed by atoms with E-state index in [2.05, 4.69) is 11.1 Å². The van der Waals surface area contributed by atoms with E-state index in [1.54, 1.807) is 10.8 Å². The van der Waals surface area contributed by atoms with E-state index in [4.69, 9.17) is 0 Å². The number of hydrogen-bond acceptors (Lipinski definition) is 2. The second-order valence-electron chi connectivity index (χ2n) is 5.71. The molecule has 4 aromatic rings. The molecular formula is C21H16N2O. The molecule has 0 N–H and O–H groups in total. The highest BCUT2D eigenvalue weighted by atomic mass is 16.1. The molecule has 0 aliphatic carbocycles. The maximum absolute atomic E-state index is 13.3. The highest BCUT2D eigenvalue weighted by molar-refractivity contribution is 5.89. The van der Waals surface area contributed by atoms with Crippen LogP contribution in [-0.2, 0) is 0 Å². The first-order valence-electron chi connectivity index (χ1n) is 7.88. The number of pyridine rings is 2. The van der Waals surface area contributed by atoms with Crippen LogP contribution in [0.2, 0.25) is 0 Å². The summed E-state index contributed by atoms with van der Waals surface area (Å²) in [4.78, 5) is 17.7. The van der Waals surface area contributed by atoms with E-state index in [9.17, 15) is 4.79 Å². The summed E-state index contributed by atoms with van der Waals surface area (Å²) in [5.74, 6) is 0.635. The van der Waals surface area contributed by atoms with Gasteiger partial charge >= 0.3 is 0 Å². The summed E-state index contributed by atoms with van der Waals surface area (Å²) in [7, 11) is 0. The average Bonchev–Trinajstić information content (AvgIpc) is 2.64. The van der Waals surface area contributed by atoms with Crippen LogP contribution in [0.1, 0.15) is 5.56 Å². The van der Waals surface area contributed by atoms with E-state index < -0.39 is 0 Å². The zero-order valence-corrected chi connectivity index (χ0v) is 13.3. The minimum atomic E-state index is -0.0453. The zero-order valence-electron chi connectivity index (χ0n) is 13.3. The standard InChI is InChI=1S/C21H16N2O/c1-15-17-11-5-6-12-18(17)23(19-13-7-8-14-22-19)21(24)20(15)16-9-3-2-4-10-16/h2-14H,1H3. The second-order valence-corrected chi connectivity index (χ2v) is 5.71. The van der Waals surface area contributed by atoms with Crippen LogP contribution in [0.3, 0.4) is 0 Å². The molecule has 0 aliphatic heterocycles. The Morgan fingerprint density at radius 1 is 0.833 bits per heavy atom. The lowest BCUT2D eigenvalue weighted by atomic mass is 9.98. The van der Waals surface area contributed by atoms with E-state index in [0.29, 0.717) is 5.82 Å². The number of hydrogen-bond donors (Lipinski definition) is 0. The van der Waals surface area contributed by atoms with Crippen LogP contribution >= 0.6 is 0 Å². The van der Waals surface area contributed by atoms with Gasteiger partial charge in [-0.15, -0.1) is 0 Å². The Hall–Kier alpha value is -3.20. The average molecular weight is 312 g/mol. The topological polar surface area (TPSA) is 34.9 Å². The van der Waals surface area contributed by atoms with Crippen LogP contribution < -0.4 is 5.56 Å². The van der Waals surface area contributed by atoms with Crippen molar-refractivity contribution in [3.8, 4) is 16.9 Å². The maximum Gasteiger partial charge on any atom is 0.264 e. The smallest absolute Gasteiger partial charge is 0.264 e. The lowest BCUT2D eigenvalue weighted by Crippen LogP contribution is -2.22. The van der Waals surface area contributed by atoms with Gasteiger partial charge in [0.15, 0.2) is 0 Å². The minimum absolute atomic E-state index is 0.0453. The molecule has 116 valence electrons. The third kappa shape index (κ3) is 2.22. The third-order valence-corrected chi connectivity index (χ3v) is 4.28. The number of aryl methyl sites for hydroxylation is 1. The summed E-state index contributed by atoms with van der Waals surface area (Å²) in [5.41, 5.74) is 3.47. The third-order valence-electron chi connectivity index (χ3n) is 4.28. The van der Waals surface area contributed by atoms with Crippen molar-refractivity contribution in [2.75, 3.05) is 0 Å².